The highest BCUT2D eigenvalue weighted by Gasteiger charge is 2.20. The first-order chi connectivity index (χ1) is 19.9. The summed E-state index contributed by atoms with van der Waals surface area (Å²) in [4.78, 5) is 85.4. The topological polar surface area (TPSA) is 248 Å². The zero-order valence-corrected chi connectivity index (χ0v) is 25.7. The van der Waals surface area contributed by atoms with Crippen LogP contribution in [0.25, 0.3) is 0 Å². The smallest absolute Gasteiger partial charge is 0.481 e. The molecule has 2 atom stereocenters. The van der Waals surface area contributed by atoms with Gasteiger partial charge in [0.05, 0.1) is 23.3 Å². The van der Waals surface area contributed by atoms with Crippen molar-refractivity contribution in [3.63, 3.8) is 0 Å². The van der Waals surface area contributed by atoms with Gasteiger partial charge in [0.25, 0.3) is 0 Å². The van der Waals surface area contributed by atoms with E-state index in [2.05, 4.69) is 35.0 Å². The van der Waals surface area contributed by atoms with Crippen molar-refractivity contribution in [3.05, 3.63) is 44.3 Å². The zero-order valence-electron chi connectivity index (χ0n) is 23.2. The van der Waals surface area contributed by atoms with E-state index in [0.29, 0.717) is 11.8 Å². The van der Waals surface area contributed by atoms with Crippen LogP contribution in [0.3, 0.4) is 0 Å². The summed E-state index contributed by atoms with van der Waals surface area (Å²) in [6.45, 7) is 5.65. The molecule has 0 aliphatic rings. The lowest BCUT2D eigenvalue weighted by Crippen LogP contribution is -2.17. The summed E-state index contributed by atoms with van der Waals surface area (Å²) in [5.74, 6) is -3.46. The number of carboxylic acid groups (broad SMARTS) is 2. The van der Waals surface area contributed by atoms with Gasteiger partial charge in [-0.15, -0.1) is 0 Å². The summed E-state index contributed by atoms with van der Waals surface area (Å²) >= 11 is 9.37. The summed E-state index contributed by atoms with van der Waals surface area (Å²) in [6.07, 6.45) is -0.436. The Kier molecular flexibility index (Phi) is 18.4. The van der Waals surface area contributed by atoms with Crippen molar-refractivity contribution in [2.24, 2.45) is 0 Å². The Morgan fingerprint density at radius 3 is 1.53 bits per heavy atom. The van der Waals surface area contributed by atoms with Gasteiger partial charge in [-0.2, -0.15) is 12.6 Å². The summed E-state index contributed by atoms with van der Waals surface area (Å²) in [7, 11) is 0. The fourth-order valence-electron chi connectivity index (χ4n) is 2.38. The van der Waals surface area contributed by atoms with Crippen LogP contribution < -0.4 is 11.6 Å². The van der Waals surface area contributed by atoms with Crippen LogP contribution in [0.2, 0.25) is 0 Å². The Morgan fingerprint density at radius 1 is 0.767 bits per heavy atom. The lowest BCUT2D eigenvalue weighted by Gasteiger charge is -2.08. The van der Waals surface area contributed by atoms with Gasteiger partial charge in [-0.1, -0.05) is 0 Å². The van der Waals surface area contributed by atoms with Crippen LogP contribution in [-0.4, -0.2) is 54.9 Å². The van der Waals surface area contributed by atoms with Gasteiger partial charge < -0.3 is 37.4 Å². The van der Waals surface area contributed by atoms with Crippen LogP contribution in [0.15, 0.2) is 27.3 Å². The molecule has 0 aromatic carbocycles. The Morgan fingerprint density at radius 2 is 1.19 bits per heavy atom. The monoisotopic (exact) mass is 672 g/mol. The van der Waals surface area contributed by atoms with Crippen LogP contribution >= 0.6 is 36.0 Å². The van der Waals surface area contributed by atoms with Crippen LogP contribution in [0.5, 0.6) is 0 Å². The van der Waals surface area contributed by atoms with E-state index in [4.69, 9.17) is 26.6 Å². The van der Waals surface area contributed by atoms with Crippen LogP contribution in [-0.2, 0) is 41.9 Å². The summed E-state index contributed by atoms with van der Waals surface area (Å²) < 4.78 is 27.4. The molecule has 240 valence electrons. The molecular weight excluding hydrogens is 644 g/mol. The van der Waals surface area contributed by atoms with Gasteiger partial charge >= 0.3 is 34.3 Å². The Labute approximate surface area is 257 Å². The standard InChI is InChI=1S/C12H14O8S.C6H5ClO5.C6H10O3S/c1-6-9(20-11(16)19-6)5-18-12(17)21-7(2)8(13)3-4-10(14)15;1-3-4(2-10-5(7)8)12-6(9)11-3;1-4(10)5(7)2-3-6(8)9/h7H,3-5H2,1-2H3,(H,14,15);2H2,1H3;4,10H,2-3H2,1H3,(H,8,9). The number of aliphatic carboxylic acids is 2. The van der Waals surface area contributed by atoms with Gasteiger partial charge in [-0.25, -0.2) is 19.2 Å². The molecule has 19 heteroatoms. The molecule has 0 radical (unpaired) electrons. The molecule has 2 rings (SSSR count). The summed E-state index contributed by atoms with van der Waals surface area (Å²) in [5, 5.41) is 14.8. The number of Topliss-reactive ketones (excluding diaryl/α,β-unsaturated/α-hetero) is 2. The first kappa shape index (κ1) is 39.2. The van der Waals surface area contributed by atoms with E-state index in [9.17, 15) is 38.4 Å². The van der Waals surface area contributed by atoms with E-state index in [1.165, 1.54) is 20.8 Å². The number of ketones is 2. The van der Waals surface area contributed by atoms with Crippen molar-refractivity contribution in [1.29, 1.82) is 0 Å². The van der Waals surface area contributed by atoms with Gasteiger partial charge in [0.1, 0.15) is 11.6 Å². The number of hydrogen-bond acceptors (Lipinski definition) is 16. The summed E-state index contributed by atoms with van der Waals surface area (Å²) in [6, 6.07) is 0. The normalized spacial score (nSPS) is 11.5. The first-order valence-corrected chi connectivity index (χ1v) is 13.7. The highest BCUT2D eigenvalue weighted by Crippen LogP contribution is 2.18. The molecule has 2 N–H and O–H groups in total. The van der Waals surface area contributed by atoms with Crippen molar-refractivity contribution in [1.82, 2.24) is 0 Å². The molecule has 0 bridgehead atoms. The Balaban J connectivity index is 0.000000678. The van der Waals surface area contributed by atoms with Crippen molar-refractivity contribution < 1.29 is 66.1 Å². The lowest BCUT2D eigenvalue weighted by atomic mass is 10.2. The van der Waals surface area contributed by atoms with Gasteiger partial charge in [-0.3, -0.25) is 19.2 Å². The van der Waals surface area contributed by atoms with E-state index in [1.54, 1.807) is 6.92 Å². The minimum Gasteiger partial charge on any atom is -0.481 e. The fraction of sp³-hybridized carbons (Fsp3) is 0.500. The molecule has 0 fully saturated rings. The number of hydrogen-bond donors (Lipinski definition) is 3. The first-order valence-electron chi connectivity index (χ1n) is 11.9. The van der Waals surface area contributed by atoms with Gasteiger partial charge in [0.15, 0.2) is 36.3 Å². The van der Waals surface area contributed by atoms with Crippen LogP contribution in [0, 0.1) is 13.8 Å². The minimum atomic E-state index is -1.08. The number of carboxylic acids is 2. The maximum absolute atomic E-state index is 11.5. The third-order valence-corrected chi connectivity index (χ3v) is 6.00. The predicted octanol–water partition coefficient (Wildman–Crippen LogP) is 3.89. The largest absolute Gasteiger partial charge is 0.519 e. The highest BCUT2D eigenvalue weighted by molar-refractivity contribution is 8.14. The van der Waals surface area contributed by atoms with Crippen molar-refractivity contribution in [2.75, 3.05) is 0 Å². The SMILES string of the molecule is CC(S)C(=O)CCC(=O)O.Cc1oc(=O)oc1COC(=O)Cl.Cc1oc(=O)oc1COC(=O)SC(C)C(=O)CCC(=O)O. The maximum atomic E-state index is 11.5. The van der Waals surface area contributed by atoms with Crippen LogP contribution in [0.1, 0.15) is 62.6 Å². The molecule has 0 saturated carbocycles. The molecule has 0 spiro atoms. The molecule has 0 aliphatic carbocycles. The highest BCUT2D eigenvalue weighted by atomic mass is 35.5. The van der Waals surface area contributed by atoms with Crippen molar-refractivity contribution in [3.8, 4) is 0 Å². The van der Waals surface area contributed by atoms with E-state index in [0.717, 1.165) is 0 Å². The van der Waals surface area contributed by atoms with Crippen molar-refractivity contribution >= 4 is 70.2 Å². The predicted molar refractivity (Wildman–Crippen MR) is 149 cm³/mol. The quantitative estimate of drug-likeness (QED) is 0.155. The number of halogens is 1. The van der Waals surface area contributed by atoms with Crippen molar-refractivity contribution in [2.45, 2.75) is 77.1 Å². The molecule has 2 unspecified atom stereocenters. The van der Waals surface area contributed by atoms with Gasteiger partial charge in [-0.05, 0) is 39.5 Å². The molecule has 0 aliphatic heterocycles. The number of thioether (sulfide) groups is 1. The minimum absolute atomic E-state index is 0.0833. The average Bonchev–Trinajstić information content (AvgIpc) is 3.41. The fourth-order valence-corrected chi connectivity index (χ4v) is 3.22. The summed E-state index contributed by atoms with van der Waals surface area (Å²) in [5.41, 5.74) is -0.960. The molecule has 0 amide bonds. The zero-order chi connectivity index (χ0) is 33.3. The van der Waals surface area contributed by atoms with E-state index >= 15 is 0 Å². The number of thiol groups is 1. The van der Waals surface area contributed by atoms with E-state index < -0.39 is 39.6 Å². The molecule has 2 aromatic heterocycles. The molecular formula is C24H29ClO16S2. The second-order valence-electron chi connectivity index (χ2n) is 8.09. The number of ether oxygens (including phenoxy) is 2. The Bertz CT molecular complexity index is 1370. The average molecular weight is 673 g/mol. The number of carbonyl (C=O) groups excluding carboxylic acids is 4. The molecule has 2 aromatic rings. The van der Waals surface area contributed by atoms with Crippen LogP contribution in [0.4, 0.5) is 9.59 Å². The molecule has 2 heterocycles. The Hall–Kier alpha value is -3.77. The lowest BCUT2D eigenvalue weighted by molar-refractivity contribution is -0.139. The molecule has 16 nitrogen and oxygen atoms in total. The van der Waals surface area contributed by atoms with E-state index in [1.807, 2.05) is 0 Å². The maximum Gasteiger partial charge on any atom is 0.519 e. The van der Waals surface area contributed by atoms with E-state index in [-0.39, 0.29) is 78.8 Å². The third kappa shape index (κ3) is 18.4. The number of rotatable bonds is 13. The molecule has 43 heavy (non-hydrogen) atoms. The number of carbonyl (C=O) groups is 6. The second-order valence-corrected chi connectivity index (χ2v) is 10.4. The number of aryl methyl sites for hydroxylation is 2. The third-order valence-electron chi connectivity index (χ3n) is 4.67. The molecule has 0 saturated heterocycles. The second kappa shape index (κ2) is 20.2. The van der Waals surface area contributed by atoms with Gasteiger partial charge in [0, 0.05) is 24.4 Å². The van der Waals surface area contributed by atoms with Gasteiger partial charge in [0.2, 0.25) is 0 Å².